The Bertz CT molecular complexity index is 817. The van der Waals surface area contributed by atoms with E-state index >= 15 is 0 Å². The highest BCUT2D eigenvalue weighted by atomic mass is 19.2. The van der Waals surface area contributed by atoms with E-state index < -0.39 is 11.6 Å². The van der Waals surface area contributed by atoms with Crippen LogP contribution in [-0.2, 0) is 6.54 Å². The Morgan fingerprint density at radius 2 is 1.88 bits per heavy atom. The molecule has 2 aliphatic rings. The standard InChI is InChI=1S/C20H20F2N2O2/c21-17-6-3-4-13(19(17)22)10-24-11-15(12-24)26-18-7-2-1-5-16(18)20(25)23-14-8-9-14/h1-7,14-15H,8-12H2,(H,23,25). The smallest absolute Gasteiger partial charge is 0.255 e. The Balaban J connectivity index is 1.34. The fraction of sp³-hybridized carbons (Fsp3) is 0.350. The Morgan fingerprint density at radius 1 is 1.12 bits per heavy atom. The predicted octanol–water partition coefficient (Wildman–Crippen LogP) is 3.12. The van der Waals surface area contributed by atoms with E-state index in [-0.39, 0.29) is 18.1 Å². The summed E-state index contributed by atoms with van der Waals surface area (Å²) in [6.07, 6.45) is 1.99. The van der Waals surface area contributed by atoms with Gasteiger partial charge in [-0.2, -0.15) is 0 Å². The average molecular weight is 358 g/mol. The van der Waals surface area contributed by atoms with Crippen LogP contribution in [0.4, 0.5) is 8.78 Å². The van der Waals surface area contributed by atoms with Gasteiger partial charge in [0.2, 0.25) is 0 Å². The minimum Gasteiger partial charge on any atom is -0.487 e. The quantitative estimate of drug-likeness (QED) is 0.863. The van der Waals surface area contributed by atoms with Crippen LogP contribution in [0.25, 0.3) is 0 Å². The van der Waals surface area contributed by atoms with Gasteiger partial charge in [0.25, 0.3) is 5.91 Å². The molecule has 4 rings (SSSR count). The molecule has 2 fully saturated rings. The second-order valence-electron chi connectivity index (χ2n) is 6.89. The number of ether oxygens (including phenoxy) is 1. The van der Waals surface area contributed by atoms with Crippen LogP contribution in [0.15, 0.2) is 42.5 Å². The van der Waals surface area contributed by atoms with Crippen LogP contribution < -0.4 is 10.1 Å². The normalized spacial score (nSPS) is 17.6. The van der Waals surface area contributed by atoms with E-state index in [0.717, 1.165) is 18.9 Å². The molecule has 26 heavy (non-hydrogen) atoms. The summed E-state index contributed by atoms with van der Waals surface area (Å²) < 4.78 is 33.0. The highest BCUT2D eigenvalue weighted by Gasteiger charge is 2.31. The average Bonchev–Trinajstić information content (AvgIpc) is 3.41. The molecule has 1 amide bonds. The highest BCUT2D eigenvalue weighted by molar-refractivity contribution is 5.97. The minimum absolute atomic E-state index is 0.0681. The van der Waals surface area contributed by atoms with Gasteiger partial charge < -0.3 is 10.1 Å². The van der Waals surface area contributed by atoms with Gasteiger partial charge in [0.15, 0.2) is 11.6 Å². The molecule has 0 aromatic heterocycles. The van der Waals surface area contributed by atoms with E-state index in [0.29, 0.717) is 36.5 Å². The van der Waals surface area contributed by atoms with Crippen LogP contribution >= 0.6 is 0 Å². The summed E-state index contributed by atoms with van der Waals surface area (Å²) in [6.45, 7) is 1.55. The second kappa shape index (κ2) is 7.03. The molecule has 2 aromatic rings. The predicted molar refractivity (Wildman–Crippen MR) is 93.0 cm³/mol. The molecule has 4 nitrogen and oxygen atoms in total. The number of rotatable bonds is 6. The van der Waals surface area contributed by atoms with Crippen molar-refractivity contribution in [3.8, 4) is 5.75 Å². The van der Waals surface area contributed by atoms with Crippen LogP contribution in [0, 0.1) is 11.6 Å². The van der Waals surface area contributed by atoms with Crippen LogP contribution in [0.5, 0.6) is 5.75 Å². The number of amides is 1. The summed E-state index contributed by atoms with van der Waals surface area (Å²) in [5.41, 5.74) is 0.877. The fourth-order valence-corrected chi connectivity index (χ4v) is 3.06. The maximum atomic E-state index is 13.7. The Morgan fingerprint density at radius 3 is 2.65 bits per heavy atom. The van der Waals surface area contributed by atoms with E-state index in [1.165, 1.54) is 6.07 Å². The molecule has 0 bridgehead atoms. The third kappa shape index (κ3) is 3.70. The van der Waals surface area contributed by atoms with E-state index in [1.807, 2.05) is 17.0 Å². The molecule has 0 spiro atoms. The number of carbonyl (C=O) groups excluding carboxylic acids is 1. The summed E-state index contributed by atoms with van der Waals surface area (Å²) in [7, 11) is 0. The van der Waals surface area contributed by atoms with Crippen molar-refractivity contribution in [3.63, 3.8) is 0 Å². The number of likely N-dealkylation sites (tertiary alicyclic amines) is 1. The molecule has 1 saturated heterocycles. The summed E-state index contributed by atoms with van der Waals surface area (Å²) in [6, 6.07) is 11.7. The highest BCUT2D eigenvalue weighted by Crippen LogP contribution is 2.26. The SMILES string of the molecule is O=C(NC1CC1)c1ccccc1OC1CN(Cc2cccc(F)c2F)C1. The number of hydrogen-bond donors (Lipinski definition) is 1. The van der Waals surface area contributed by atoms with Crippen molar-refractivity contribution < 1.29 is 18.3 Å². The van der Waals surface area contributed by atoms with Crippen molar-refractivity contribution in [1.82, 2.24) is 10.2 Å². The van der Waals surface area contributed by atoms with Gasteiger partial charge in [-0.15, -0.1) is 0 Å². The van der Waals surface area contributed by atoms with Gasteiger partial charge in [0, 0.05) is 31.2 Å². The number of hydrogen-bond acceptors (Lipinski definition) is 3. The number of para-hydroxylation sites is 1. The Labute approximate surface area is 150 Å². The van der Waals surface area contributed by atoms with Gasteiger partial charge in [-0.1, -0.05) is 24.3 Å². The fourth-order valence-electron chi connectivity index (χ4n) is 3.06. The van der Waals surface area contributed by atoms with Crippen molar-refractivity contribution in [1.29, 1.82) is 0 Å². The van der Waals surface area contributed by atoms with Gasteiger partial charge in [-0.3, -0.25) is 9.69 Å². The topological polar surface area (TPSA) is 41.6 Å². The molecular formula is C20H20F2N2O2. The number of nitrogens with zero attached hydrogens (tertiary/aromatic N) is 1. The third-order valence-corrected chi connectivity index (χ3v) is 4.69. The van der Waals surface area contributed by atoms with Crippen LogP contribution in [-0.4, -0.2) is 36.0 Å². The summed E-state index contributed by atoms with van der Waals surface area (Å²) >= 11 is 0. The molecule has 0 radical (unpaired) electrons. The van der Waals surface area contributed by atoms with E-state index in [2.05, 4.69) is 5.32 Å². The molecule has 1 aliphatic carbocycles. The lowest BCUT2D eigenvalue weighted by Crippen LogP contribution is -2.53. The van der Waals surface area contributed by atoms with Crippen LogP contribution in [0.3, 0.4) is 0 Å². The molecule has 136 valence electrons. The first-order valence-corrected chi connectivity index (χ1v) is 8.82. The maximum Gasteiger partial charge on any atom is 0.255 e. The minimum atomic E-state index is -0.827. The monoisotopic (exact) mass is 358 g/mol. The summed E-state index contributed by atoms with van der Waals surface area (Å²) in [5, 5.41) is 2.97. The summed E-state index contributed by atoms with van der Waals surface area (Å²) in [5.74, 6) is -1.17. The summed E-state index contributed by atoms with van der Waals surface area (Å²) in [4.78, 5) is 14.3. The lowest BCUT2D eigenvalue weighted by molar-refractivity contribution is 0.0133. The van der Waals surface area contributed by atoms with Gasteiger partial charge in [0.05, 0.1) is 5.56 Å². The first kappa shape index (κ1) is 17.0. The Hall–Kier alpha value is -2.47. The molecule has 1 heterocycles. The molecule has 2 aromatic carbocycles. The first-order chi connectivity index (χ1) is 12.6. The second-order valence-corrected chi connectivity index (χ2v) is 6.89. The zero-order valence-electron chi connectivity index (χ0n) is 14.3. The lowest BCUT2D eigenvalue weighted by Gasteiger charge is -2.39. The molecular weight excluding hydrogens is 338 g/mol. The first-order valence-electron chi connectivity index (χ1n) is 8.82. The van der Waals surface area contributed by atoms with Crippen LogP contribution in [0.2, 0.25) is 0 Å². The van der Waals surface area contributed by atoms with Crippen molar-refractivity contribution >= 4 is 5.91 Å². The van der Waals surface area contributed by atoms with Gasteiger partial charge in [0.1, 0.15) is 11.9 Å². The van der Waals surface area contributed by atoms with Crippen molar-refractivity contribution in [2.24, 2.45) is 0 Å². The maximum absolute atomic E-state index is 13.7. The number of benzene rings is 2. The van der Waals surface area contributed by atoms with Gasteiger partial charge in [-0.25, -0.2) is 8.78 Å². The van der Waals surface area contributed by atoms with Gasteiger partial charge >= 0.3 is 0 Å². The van der Waals surface area contributed by atoms with Crippen molar-refractivity contribution in [2.45, 2.75) is 31.5 Å². The molecule has 1 aliphatic heterocycles. The molecule has 1 saturated carbocycles. The number of nitrogens with one attached hydrogen (secondary N) is 1. The van der Waals surface area contributed by atoms with Crippen LogP contribution in [0.1, 0.15) is 28.8 Å². The van der Waals surface area contributed by atoms with Gasteiger partial charge in [-0.05, 0) is 31.0 Å². The van der Waals surface area contributed by atoms with E-state index in [9.17, 15) is 13.6 Å². The molecule has 1 N–H and O–H groups in total. The largest absolute Gasteiger partial charge is 0.487 e. The van der Waals surface area contributed by atoms with E-state index in [1.54, 1.807) is 18.2 Å². The third-order valence-electron chi connectivity index (χ3n) is 4.69. The van der Waals surface area contributed by atoms with Crippen molar-refractivity contribution in [2.75, 3.05) is 13.1 Å². The molecule has 0 unspecified atom stereocenters. The number of halogens is 2. The zero-order chi connectivity index (χ0) is 18.1. The van der Waals surface area contributed by atoms with Crippen molar-refractivity contribution in [3.05, 3.63) is 65.2 Å². The lowest BCUT2D eigenvalue weighted by atomic mass is 10.1. The zero-order valence-corrected chi connectivity index (χ0v) is 14.3. The Kier molecular flexibility index (Phi) is 4.59. The molecule has 0 atom stereocenters. The van der Waals surface area contributed by atoms with E-state index in [4.69, 9.17) is 4.74 Å². The molecule has 6 heteroatoms. The number of carbonyl (C=O) groups is 1.